The number of fused-ring (bicyclic) bond motifs is 1. The van der Waals surface area contributed by atoms with E-state index in [0.717, 1.165) is 24.1 Å². The summed E-state index contributed by atoms with van der Waals surface area (Å²) in [5.74, 6) is 6.72. The number of benzene rings is 3. The minimum atomic E-state index is -0.0747. The van der Waals surface area contributed by atoms with Gasteiger partial charge in [0.15, 0.2) is 5.84 Å². The molecule has 5 nitrogen and oxygen atoms in total. The summed E-state index contributed by atoms with van der Waals surface area (Å²) in [5.41, 5.74) is 8.12. The van der Waals surface area contributed by atoms with Crippen molar-refractivity contribution in [1.29, 1.82) is 0 Å². The second kappa shape index (κ2) is 8.47. The number of hydrogen-bond donors (Lipinski definition) is 3. The number of rotatable bonds is 7. The lowest BCUT2D eigenvalue weighted by atomic mass is 10.00. The molecule has 134 valence electrons. The van der Waals surface area contributed by atoms with Gasteiger partial charge in [0.1, 0.15) is 0 Å². The number of hydrazone groups is 1. The van der Waals surface area contributed by atoms with Crippen LogP contribution in [-0.4, -0.2) is 24.5 Å². The van der Waals surface area contributed by atoms with Crippen LogP contribution in [-0.2, 0) is 0 Å². The monoisotopic (exact) mass is 347 g/mol. The van der Waals surface area contributed by atoms with Crippen molar-refractivity contribution in [3.63, 3.8) is 0 Å². The summed E-state index contributed by atoms with van der Waals surface area (Å²) in [6.45, 7) is 0.825. The lowest BCUT2D eigenvalue weighted by molar-refractivity contribution is 0.200. The molecule has 0 fully saturated rings. The van der Waals surface area contributed by atoms with Crippen LogP contribution in [0.2, 0.25) is 0 Å². The van der Waals surface area contributed by atoms with Gasteiger partial charge in [-0.05, 0) is 42.4 Å². The zero-order chi connectivity index (χ0) is 18.4. The number of nitrogens with two attached hydrogens (primary N) is 2. The van der Waals surface area contributed by atoms with Crippen LogP contribution >= 0.6 is 0 Å². The Labute approximate surface area is 154 Å². The highest BCUT2D eigenvalue weighted by Gasteiger charge is 2.17. The summed E-state index contributed by atoms with van der Waals surface area (Å²) in [7, 11) is 1.93. The highest BCUT2D eigenvalue weighted by Crippen LogP contribution is 2.26. The fourth-order valence-corrected chi connectivity index (χ4v) is 3.01. The van der Waals surface area contributed by atoms with Crippen molar-refractivity contribution in [2.45, 2.75) is 12.5 Å². The third-order valence-corrected chi connectivity index (χ3v) is 4.44. The predicted molar refractivity (Wildman–Crippen MR) is 108 cm³/mol. The fraction of sp³-hybridized carbons (Fsp3) is 0.190. The molecular weight excluding hydrogens is 322 g/mol. The summed E-state index contributed by atoms with van der Waals surface area (Å²) < 4.78 is 0. The van der Waals surface area contributed by atoms with E-state index in [2.05, 4.69) is 40.8 Å². The summed E-state index contributed by atoms with van der Waals surface area (Å²) in [6.07, 6.45) is 0.816. The number of amidine groups is 1. The zero-order valence-corrected chi connectivity index (χ0v) is 15.0. The van der Waals surface area contributed by atoms with Crippen molar-refractivity contribution in [3.05, 3.63) is 83.9 Å². The van der Waals surface area contributed by atoms with Gasteiger partial charge in [0.25, 0.3) is 0 Å². The Hall–Kier alpha value is -2.89. The third kappa shape index (κ3) is 4.20. The fourth-order valence-electron chi connectivity index (χ4n) is 3.01. The average molecular weight is 347 g/mol. The second-order valence-corrected chi connectivity index (χ2v) is 6.25. The normalized spacial score (nSPS) is 12.9. The van der Waals surface area contributed by atoms with Gasteiger partial charge in [0.05, 0.1) is 6.04 Å². The molecule has 0 aliphatic rings. The van der Waals surface area contributed by atoms with Gasteiger partial charge in [-0.15, -0.1) is 5.10 Å². The molecule has 0 bridgehead atoms. The molecule has 3 rings (SSSR count). The molecule has 0 spiro atoms. The highest BCUT2D eigenvalue weighted by atomic mass is 15.6. The summed E-state index contributed by atoms with van der Waals surface area (Å²) in [5, 5.41) is 11.5. The van der Waals surface area contributed by atoms with Crippen LogP contribution in [0.15, 0.2) is 77.9 Å². The van der Waals surface area contributed by atoms with E-state index in [4.69, 9.17) is 11.6 Å². The first kappa shape index (κ1) is 17.9. The molecule has 0 amide bonds. The molecule has 1 atom stereocenters. The van der Waals surface area contributed by atoms with Gasteiger partial charge in [0, 0.05) is 5.56 Å². The molecule has 1 unspecified atom stereocenters. The quantitative estimate of drug-likeness (QED) is 0.266. The van der Waals surface area contributed by atoms with E-state index in [1.54, 1.807) is 0 Å². The molecule has 26 heavy (non-hydrogen) atoms. The molecule has 0 saturated heterocycles. The number of nitrogens with zero attached hydrogens (tertiary/aromatic N) is 2. The average Bonchev–Trinajstić information content (AvgIpc) is 2.68. The van der Waals surface area contributed by atoms with E-state index in [-0.39, 0.29) is 6.04 Å². The van der Waals surface area contributed by atoms with Crippen molar-refractivity contribution < 1.29 is 0 Å². The Morgan fingerprint density at radius 2 is 1.69 bits per heavy atom. The molecule has 0 saturated carbocycles. The van der Waals surface area contributed by atoms with Crippen LogP contribution in [0.1, 0.15) is 23.6 Å². The molecule has 0 radical (unpaired) electrons. The Morgan fingerprint density at radius 3 is 2.42 bits per heavy atom. The smallest absolute Gasteiger partial charge is 0.152 e. The lowest BCUT2D eigenvalue weighted by Gasteiger charge is -2.26. The lowest BCUT2D eigenvalue weighted by Crippen LogP contribution is -2.34. The maximum Gasteiger partial charge on any atom is 0.152 e. The molecule has 0 aliphatic heterocycles. The molecule has 0 aromatic heterocycles. The predicted octanol–water partition coefficient (Wildman–Crippen LogP) is 2.99. The Kier molecular flexibility index (Phi) is 5.84. The maximum absolute atomic E-state index is 6.31. The van der Waals surface area contributed by atoms with E-state index < -0.39 is 0 Å². The zero-order valence-electron chi connectivity index (χ0n) is 15.0. The third-order valence-electron chi connectivity index (χ3n) is 4.44. The first-order valence-electron chi connectivity index (χ1n) is 8.76. The van der Waals surface area contributed by atoms with Crippen molar-refractivity contribution in [2.24, 2.45) is 16.7 Å². The van der Waals surface area contributed by atoms with Crippen LogP contribution in [0.4, 0.5) is 0 Å². The first-order chi connectivity index (χ1) is 12.7. The molecule has 3 aromatic carbocycles. The van der Waals surface area contributed by atoms with Crippen LogP contribution in [0.5, 0.6) is 0 Å². The van der Waals surface area contributed by atoms with E-state index in [1.165, 1.54) is 15.9 Å². The van der Waals surface area contributed by atoms with Gasteiger partial charge in [-0.1, -0.05) is 66.7 Å². The molecular formula is C21H25N5. The van der Waals surface area contributed by atoms with Crippen molar-refractivity contribution in [1.82, 2.24) is 10.4 Å². The maximum atomic E-state index is 6.31. The van der Waals surface area contributed by atoms with E-state index in [9.17, 15) is 0 Å². The number of hydrogen-bond acceptors (Lipinski definition) is 4. The van der Waals surface area contributed by atoms with Gasteiger partial charge < -0.3 is 11.1 Å². The molecule has 3 aromatic rings. The van der Waals surface area contributed by atoms with Crippen molar-refractivity contribution in [2.75, 3.05) is 13.6 Å². The van der Waals surface area contributed by atoms with Crippen LogP contribution in [0.25, 0.3) is 10.8 Å². The minimum Gasteiger partial charge on any atom is -0.382 e. The van der Waals surface area contributed by atoms with Crippen LogP contribution in [0.3, 0.4) is 0 Å². The molecule has 0 aliphatic carbocycles. The van der Waals surface area contributed by atoms with Crippen molar-refractivity contribution in [3.8, 4) is 0 Å². The van der Waals surface area contributed by atoms with Crippen LogP contribution < -0.4 is 16.9 Å². The Bertz CT molecular complexity index is 876. The van der Waals surface area contributed by atoms with Gasteiger partial charge in [0.2, 0.25) is 0 Å². The van der Waals surface area contributed by atoms with Gasteiger partial charge in [-0.3, -0.25) is 0 Å². The van der Waals surface area contributed by atoms with Gasteiger partial charge in [-0.25, -0.2) is 11.0 Å². The summed E-state index contributed by atoms with van der Waals surface area (Å²) >= 11 is 0. The molecule has 0 heterocycles. The topological polar surface area (TPSA) is 79.7 Å². The van der Waals surface area contributed by atoms with Crippen molar-refractivity contribution >= 4 is 16.6 Å². The first-order valence-corrected chi connectivity index (χ1v) is 8.76. The molecule has 5 heteroatoms. The second-order valence-electron chi connectivity index (χ2n) is 6.25. The van der Waals surface area contributed by atoms with E-state index in [1.807, 2.05) is 49.5 Å². The minimum absolute atomic E-state index is 0.0747. The summed E-state index contributed by atoms with van der Waals surface area (Å²) in [4.78, 5) is 0. The summed E-state index contributed by atoms with van der Waals surface area (Å²) in [6, 6.07) is 24.3. The van der Waals surface area contributed by atoms with Gasteiger partial charge >= 0.3 is 0 Å². The SMILES string of the molecule is CNCCC(c1ccc2ccccc2c1)N(N)/N=C(\N)c1ccccc1. The Morgan fingerprint density at radius 1 is 1.00 bits per heavy atom. The van der Waals surface area contributed by atoms with Gasteiger partial charge in [-0.2, -0.15) is 0 Å². The number of nitrogens with one attached hydrogen (secondary N) is 1. The standard InChI is InChI=1S/C21H25N5/c1-24-14-13-20(19-12-11-16-7-5-6-10-18(16)15-19)26(23)25-21(22)17-8-3-2-4-9-17/h2-12,15,20,24H,13-14,23H2,1H3,(H2,22,25). The number of hydrazine groups is 1. The largest absolute Gasteiger partial charge is 0.382 e. The molecule has 5 N–H and O–H groups in total. The van der Waals surface area contributed by atoms with Crippen LogP contribution in [0, 0.1) is 0 Å². The Balaban J connectivity index is 1.91. The van der Waals surface area contributed by atoms with E-state index in [0.29, 0.717) is 5.84 Å². The van der Waals surface area contributed by atoms with E-state index >= 15 is 0 Å². The highest BCUT2D eigenvalue weighted by molar-refractivity contribution is 5.97.